The number of hydrogen-bond acceptors (Lipinski definition) is 3. The molecular weight excluding hydrogens is 825 g/mol. The van der Waals surface area contributed by atoms with E-state index in [1.807, 2.05) is 6.07 Å². The highest BCUT2D eigenvalue weighted by Crippen LogP contribution is 2.64. The molecule has 0 radical (unpaired) electrons. The number of hydrogen-bond donors (Lipinski definition) is 0. The number of fused-ring (bicyclic) bond motifs is 14. The predicted octanol–water partition coefficient (Wildman–Crippen LogP) is 17.7. The lowest BCUT2D eigenvalue weighted by atomic mass is 9.70. The Labute approximate surface area is 395 Å². The van der Waals surface area contributed by atoms with Crippen LogP contribution in [0.15, 0.2) is 259 Å². The smallest absolute Gasteiger partial charge is 0.137 e. The number of furan rings is 1. The molecule has 3 heteroatoms. The quantitative estimate of drug-likeness (QED) is 0.159. The Morgan fingerprint density at radius 2 is 0.809 bits per heavy atom. The summed E-state index contributed by atoms with van der Waals surface area (Å²) in [6.07, 6.45) is 0. The van der Waals surface area contributed by atoms with E-state index in [0.717, 1.165) is 56.1 Å². The van der Waals surface area contributed by atoms with Crippen molar-refractivity contribution < 1.29 is 4.42 Å². The highest BCUT2D eigenvalue weighted by atomic mass is 16.3. The largest absolute Gasteiger partial charge is 0.456 e. The molecule has 68 heavy (non-hydrogen) atoms. The molecule has 14 rings (SSSR count). The molecule has 3 nitrogen and oxygen atoms in total. The molecule has 0 amide bonds. The van der Waals surface area contributed by atoms with Crippen molar-refractivity contribution in [1.29, 1.82) is 0 Å². The van der Waals surface area contributed by atoms with Gasteiger partial charge in [0, 0.05) is 33.7 Å². The molecule has 0 bridgehead atoms. The number of para-hydroxylation sites is 3. The van der Waals surface area contributed by atoms with Crippen molar-refractivity contribution in [3.8, 4) is 33.4 Å². The number of rotatable bonds is 7. The lowest BCUT2D eigenvalue weighted by molar-refractivity contribution is 0.669. The minimum atomic E-state index is -0.616. The fraction of sp³-hybridized carbons (Fsp3) is 0.0154. The Morgan fingerprint density at radius 3 is 1.46 bits per heavy atom. The van der Waals surface area contributed by atoms with E-state index in [4.69, 9.17) is 4.42 Å². The normalized spacial score (nSPS) is 14.2. The summed E-state index contributed by atoms with van der Waals surface area (Å²) in [7, 11) is 0. The minimum absolute atomic E-state index is 0.616. The summed E-state index contributed by atoms with van der Waals surface area (Å²) in [5.41, 5.74) is 20.2. The summed E-state index contributed by atoms with van der Waals surface area (Å²) in [5, 5.41) is 4.62. The summed E-state index contributed by atoms with van der Waals surface area (Å²) in [4.78, 5) is 4.89. The first-order valence-corrected chi connectivity index (χ1v) is 23.4. The van der Waals surface area contributed by atoms with Crippen LogP contribution in [0.3, 0.4) is 0 Å². The summed E-state index contributed by atoms with van der Waals surface area (Å²) in [6.45, 7) is 0. The highest BCUT2D eigenvalue weighted by Gasteiger charge is 2.52. The fourth-order valence-electron chi connectivity index (χ4n) is 11.7. The zero-order valence-corrected chi connectivity index (χ0v) is 37.1. The van der Waals surface area contributed by atoms with Gasteiger partial charge in [-0.05, 0) is 134 Å². The van der Waals surface area contributed by atoms with Crippen molar-refractivity contribution in [1.82, 2.24) is 0 Å². The molecule has 1 aromatic heterocycles. The highest BCUT2D eigenvalue weighted by molar-refractivity contribution is 6.13. The van der Waals surface area contributed by atoms with Gasteiger partial charge in [-0.2, -0.15) is 0 Å². The maximum Gasteiger partial charge on any atom is 0.137 e. The van der Waals surface area contributed by atoms with Gasteiger partial charge in [-0.1, -0.05) is 182 Å². The van der Waals surface area contributed by atoms with E-state index in [-0.39, 0.29) is 0 Å². The lowest BCUT2D eigenvalue weighted by Gasteiger charge is -2.34. The molecule has 1 heterocycles. The maximum absolute atomic E-state index is 6.50. The second-order valence-electron chi connectivity index (χ2n) is 17.9. The lowest BCUT2D eigenvalue weighted by Crippen LogP contribution is -2.26. The van der Waals surface area contributed by atoms with Crippen LogP contribution in [0.2, 0.25) is 0 Å². The molecule has 318 valence electrons. The van der Waals surface area contributed by atoms with Gasteiger partial charge in [-0.15, -0.1) is 0 Å². The van der Waals surface area contributed by atoms with Crippen LogP contribution in [0.4, 0.5) is 34.1 Å². The Balaban J connectivity index is 1.04. The van der Waals surface area contributed by atoms with Crippen LogP contribution in [0.25, 0.3) is 66.1 Å². The van der Waals surface area contributed by atoms with Crippen molar-refractivity contribution in [2.75, 3.05) is 9.80 Å². The van der Waals surface area contributed by atoms with Crippen molar-refractivity contribution in [3.05, 3.63) is 277 Å². The van der Waals surface area contributed by atoms with Crippen molar-refractivity contribution >= 4 is 66.8 Å². The molecule has 11 aromatic carbocycles. The summed E-state index contributed by atoms with van der Waals surface area (Å²) < 4.78 is 6.50. The Bertz CT molecular complexity index is 3920. The first kappa shape index (κ1) is 38.4. The third kappa shape index (κ3) is 5.54. The Morgan fingerprint density at radius 1 is 0.309 bits per heavy atom. The third-order valence-corrected chi connectivity index (χ3v) is 14.4. The van der Waals surface area contributed by atoms with E-state index in [9.17, 15) is 0 Å². The van der Waals surface area contributed by atoms with Crippen LogP contribution < -0.4 is 9.80 Å². The molecular formula is C65H42N2O. The molecule has 0 saturated heterocycles. The summed E-state index contributed by atoms with van der Waals surface area (Å²) in [6, 6.07) is 93.2. The van der Waals surface area contributed by atoms with Gasteiger partial charge in [0.05, 0.1) is 22.2 Å². The average molecular weight is 867 g/mol. The van der Waals surface area contributed by atoms with Gasteiger partial charge in [-0.3, -0.25) is 0 Å². The van der Waals surface area contributed by atoms with Gasteiger partial charge < -0.3 is 14.2 Å². The van der Waals surface area contributed by atoms with E-state index in [1.165, 1.54) is 66.4 Å². The van der Waals surface area contributed by atoms with E-state index < -0.39 is 5.41 Å². The van der Waals surface area contributed by atoms with E-state index in [2.05, 4.69) is 259 Å². The Kier molecular flexibility index (Phi) is 8.50. The van der Waals surface area contributed by atoms with Gasteiger partial charge in [0.1, 0.15) is 11.2 Å². The first-order valence-electron chi connectivity index (χ1n) is 23.4. The van der Waals surface area contributed by atoms with Crippen LogP contribution >= 0.6 is 0 Å². The number of nitrogens with zero attached hydrogens (tertiary/aromatic N) is 2. The molecule has 12 aromatic rings. The van der Waals surface area contributed by atoms with Gasteiger partial charge in [0.25, 0.3) is 0 Å². The van der Waals surface area contributed by atoms with E-state index in [1.54, 1.807) is 0 Å². The standard InChI is InChI=1S/C65H42N2O/c1-4-20-44(21-5-1)63-49-26-11-10-19-43(49)35-40-60(63)67(46-24-8-3-9-25-46)48-37-39-53-51-28-13-16-31-56(51)65(58(53)42-48)55-30-15-12-27-50(55)52-38-36-47(41-57(52)65)66(45-22-6-2-7-23-45)59-32-18-34-62-64(59)54-29-14-17-33-61(54)68-62/h1-42H. The SMILES string of the molecule is c1ccc(-c2c(N(c3ccccc3)c3ccc4c(c3)C3(c5ccccc5-4)c4ccccc4-c4ccc(N(c5ccccc5)c5cccc6oc7ccccc7c56)cc43)ccc3ccccc23)cc1. The second-order valence-corrected chi connectivity index (χ2v) is 17.9. The van der Waals surface area contributed by atoms with E-state index in [0.29, 0.717) is 0 Å². The maximum atomic E-state index is 6.50. The van der Waals surface area contributed by atoms with Crippen LogP contribution in [0, 0.1) is 0 Å². The van der Waals surface area contributed by atoms with Crippen LogP contribution in [0.1, 0.15) is 22.3 Å². The summed E-state index contributed by atoms with van der Waals surface area (Å²) in [5.74, 6) is 0. The van der Waals surface area contributed by atoms with E-state index >= 15 is 0 Å². The van der Waals surface area contributed by atoms with Crippen LogP contribution in [-0.2, 0) is 5.41 Å². The fourth-order valence-corrected chi connectivity index (χ4v) is 11.7. The molecule has 2 aliphatic rings. The van der Waals surface area contributed by atoms with Gasteiger partial charge in [0.2, 0.25) is 0 Å². The van der Waals surface area contributed by atoms with Crippen LogP contribution in [0.5, 0.6) is 0 Å². The zero-order chi connectivity index (χ0) is 44.8. The van der Waals surface area contributed by atoms with Crippen LogP contribution in [-0.4, -0.2) is 0 Å². The predicted molar refractivity (Wildman–Crippen MR) is 282 cm³/mol. The second kappa shape index (κ2) is 15.1. The third-order valence-electron chi connectivity index (χ3n) is 14.4. The van der Waals surface area contributed by atoms with Crippen molar-refractivity contribution in [3.63, 3.8) is 0 Å². The number of benzene rings is 11. The molecule has 0 N–H and O–H groups in total. The Hall–Kier alpha value is -8.92. The monoisotopic (exact) mass is 866 g/mol. The zero-order valence-electron chi connectivity index (χ0n) is 37.1. The van der Waals surface area contributed by atoms with Crippen molar-refractivity contribution in [2.24, 2.45) is 0 Å². The minimum Gasteiger partial charge on any atom is -0.456 e. The molecule has 1 spiro atoms. The molecule has 0 saturated carbocycles. The molecule has 0 aliphatic heterocycles. The summed E-state index contributed by atoms with van der Waals surface area (Å²) >= 11 is 0. The molecule has 0 fully saturated rings. The topological polar surface area (TPSA) is 19.6 Å². The molecule has 2 aliphatic carbocycles. The van der Waals surface area contributed by atoms with Gasteiger partial charge >= 0.3 is 0 Å². The van der Waals surface area contributed by atoms with Crippen molar-refractivity contribution in [2.45, 2.75) is 5.41 Å². The van der Waals surface area contributed by atoms with Gasteiger partial charge in [-0.25, -0.2) is 0 Å². The van der Waals surface area contributed by atoms with Gasteiger partial charge in [0.15, 0.2) is 0 Å². The number of anilines is 6. The molecule has 1 atom stereocenters. The first-order chi connectivity index (χ1) is 33.8. The average Bonchev–Trinajstić information content (AvgIpc) is 4.04. The molecule has 1 unspecified atom stereocenters.